The van der Waals surface area contributed by atoms with Crippen molar-refractivity contribution >= 4 is 21.6 Å². The third kappa shape index (κ3) is 5.98. The van der Waals surface area contributed by atoms with Crippen molar-refractivity contribution in [1.82, 2.24) is 10.2 Å². The maximum absolute atomic E-state index is 10.8. The maximum atomic E-state index is 10.8. The van der Waals surface area contributed by atoms with Crippen LogP contribution in [-0.4, -0.2) is 36.0 Å². The van der Waals surface area contributed by atoms with Crippen LogP contribution in [0.5, 0.6) is 0 Å². The van der Waals surface area contributed by atoms with Crippen molar-refractivity contribution in [3.63, 3.8) is 0 Å². The van der Waals surface area contributed by atoms with Gasteiger partial charge in [-0.3, -0.25) is 10.1 Å². The molecule has 0 radical (unpaired) electrons. The molecule has 0 aromatic heterocycles. The predicted molar refractivity (Wildman–Crippen MR) is 84.9 cm³/mol. The topological polar surface area (TPSA) is 58.4 Å². The monoisotopic (exact) mass is 343 g/mol. The van der Waals surface area contributed by atoms with Crippen molar-refractivity contribution < 1.29 is 4.92 Å². The number of non-ortho nitro benzene ring substituents is 1. The molecule has 0 saturated heterocycles. The molecular weight excluding hydrogens is 322 g/mol. The molecule has 0 aliphatic carbocycles. The van der Waals surface area contributed by atoms with Crippen molar-refractivity contribution in [3.8, 4) is 0 Å². The van der Waals surface area contributed by atoms with E-state index >= 15 is 0 Å². The molecular formula is C14H22BrN3O2. The molecule has 1 aromatic rings. The Labute approximate surface area is 128 Å². The highest BCUT2D eigenvalue weighted by atomic mass is 79.9. The first kappa shape index (κ1) is 17.1. The van der Waals surface area contributed by atoms with Crippen molar-refractivity contribution in [2.24, 2.45) is 0 Å². The second-order valence-corrected chi connectivity index (χ2v) is 6.10. The molecule has 0 aliphatic heterocycles. The first-order chi connectivity index (χ1) is 9.40. The second-order valence-electron chi connectivity index (χ2n) is 5.18. The molecule has 0 fully saturated rings. The highest BCUT2D eigenvalue weighted by Crippen LogP contribution is 2.21. The van der Waals surface area contributed by atoms with Crippen LogP contribution in [0.2, 0.25) is 0 Å². The summed E-state index contributed by atoms with van der Waals surface area (Å²) in [5.41, 5.74) is 1.04. The van der Waals surface area contributed by atoms with Crippen LogP contribution < -0.4 is 5.32 Å². The van der Waals surface area contributed by atoms with Crippen LogP contribution in [0.1, 0.15) is 25.8 Å². The number of nitrogens with one attached hydrogen (secondary N) is 1. The summed E-state index contributed by atoms with van der Waals surface area (Å²) in [6.07, 6.45) is 1.06. The minimum atomic E-state index is -0.369. The number of halogens is 1. The van der Waals surface area contributed by atoms with Gasteiger partial charge in [0.05, 0.1) is 4.92 Å². The first-order valence-corrected chi connectivity index (χ1v) is 7.54. The van der Waals surface area contributed by atoms with Crippen LogP contribution in [0.25, 0.3) is 0 Å². The quantitative estimate of drug-likeness (QED) is 0.447. The number of nitro benzene ring substituents is 1. The van der Waals surface area contributed by atoms with Crippen LogP contribution in [0, 0.1) is 10.1 Å². The van der Waals surface area contributed by atoms with Gasteiger partial charge in [-0.2, -0.15) is 0 Å². The SMILES string of the molecule is CC(C)N(C)CCCNCc1cc(Br)cc([N+](=O)[O-])c1. The number of rotatable bonds is 8. The molecule has 0 aliphatic rings. The molecule has 6 heteroatoms. The molecule has 0 amide bonds. The van der Waals surface area contributed by atoms with Crippen molar-refractivity contribution in [2.75, 3.05) is 20.1 Å². The lowest BCUT2D eigenvalue weighted by molar-refractivity contribution is -0.385. The number of benzene rings is 1. The van der Waals surface area contributed by atoms with E-state index in [-0.39, 0.29) is 10.6 Å². The molecule has 0 bridgehead atoms. The Kier molecular flexibility index (Phi) is 7.12. The van der Waals surface area contributed by atoms with E-state index in [1.807, 2.05) is 6.07 Å². The fraction of sp³-hybridized carbons (Fsp3) is 0.571. The minimum absolute atomic E-state index is 0.121. The Morgan fingerprint density at radius 3 is 2.70 bits per heavy atom. The average molecular weight is 344 g/mol. The van der Waals surface area contributed by atoms with Crippen molar-refractivity contribution in [1.29, 1.82) is 0 Å². The fourth-order valence-electron chi connectivity index (χ4n) is 1.79. The maximum Gasteiger partial charge on any atom is 0.270 e. The molecule has 5 nitrogen and oxygen atoms in total. The molecule has 1 aromatic carbocycles. The third-order valence-electron chi connectivity index (χ3n) is 3.23. The van der Waals surface area contributed by atoms with Crippen LogP contribution in [0.4, 0.5) is 5.69 Å². The highest BCUT2D eigenvalue weighted by Gasteiger charge is 2.08. The van der Waals surface area contributed by atoms with Gasteiger partial charge in [-0.05, 0) is 52.0 Å². The Balaban J connectivity index is 2.37. The molecule has 0 spiro atoms. The van der Waals surface area contributed by atoms with E-state index in [2.05, 4.69) is 47.0 Å². The van der Waals surface area contributed by atoms with E-state index in [4.69, 9.17) is 0 Å². The number of nitrogens with zero attached hydrogens (tertiary/aromatic N) is 2. The van der Waals surface area contributed by atoms with Gasteiger partial charge in [-0.15, -0.1) is 0 Å². The van der Waals surface area contributed by atoms with Crippen molar-refractivity contribution in [2.45, 2.75) is 32.9 Å². The Morgan fingerprint density at radius 1 is 1.40 bits per heavy atom. The molecule has 112 valence electrons. The van der Waals surface area contributed by atoms with E-state index in [0.29, 0.717) is 12.6 Å². The third-order valence-corrected chi connectivity index (χ3v) is 3.69. The fourth-order valence-corrected chi connectivity index (χ4v) is 2.31. The van der Waals surface area contributed by atoms with Gasteiger partial charge in [-0.1, -0.05) is 15.9 Å². The van der Waals surface area contributed by atoms with Crippen LogP contribution in [0.3, 0.4) is 0 Å². The summed E-state index contributed by atoms with van der Waals surface area (Å²) >= 11 is 3.30. The first-order valence-electron chi connectivity index (χ1n) is 6.75. The summed E-state index contributed by atoms with van der Waals surface area (Å²) in [5.74, 6) is 0. The van der Waals surface area contributed by atoms with Gasteiger partial charge < -0.3 is 10.2 Å². The van der Waals surface area contributed by atoms with Crippen LogP contribution >= 0.6 is 15.9 Å². The summed E-state index contributed by atoms with van der Waals surface area (Å²) in [5, 5.41) is 14.1. The zero-order chi connectivity index (χ0) is 15.1. The Bertz CT molecular complexity index is 452. The van der Waals surface area contributed by atoms with Gasteiger partial charge in [0.2, 0.25) is 0 Å². The smallest absolute Gasteiger partial charge is 0.270 e. The summed E-state index contributed by atoms with van der Waals surface area (Å²) < 4.78 is 0.739. The van der Waals surface area contributed by atoms with Crippen molar-refractivity contribution in [3.05, 3.63) is 38.3 Å². The van der Waals surface area contributed by atoms with Gasteiger partial charge in [0, 0.05) is 29.2 Å². The molecule has 1 N–H and O–H groups in total. The molecule has 0 unspecified atom stereocenters. The van der Waals surface area contributed by atoms with Crippen LogP contribution in [0.15, 0.2) is 22.7 Å². The van der Waals surface area contributed by atoms with E-state index in [1.165, 1.54) is 6.07 Å². The molecule has 20 heavy (non-hydrogen) atoms. The zero-order valence-electron chi connectivity index (χ0n) is 12.2. The van der Waals surface area contributed by atoms with Gasteiger partial charge in [0.1, 0.15) is 0 Å². The Morgan fingerprint density at radius 2 is 2.10 bits per heavy atom. The average Bonchev–Trinajstić information content (AvgIpc) is 2.37. The second kappa shape index (κ2) is 8.34. The summed E-state index contributed by atoms with van der Waals surface area (Å²) in [4.78, 5) is 12.7. The summed E-state index contributed by atoms with van der Waals surface area (Å²) in [6.45, 7) is 6.94. The van der Waals surface area contributed by atoms with E-state index in [1.54, 1.807) is 6.07 Å². The largest absolute Gasteiger partial charge is 0.313 e. The minimum Gasteiger partial charge on any atom is -0.313 e. The van der Waals surface area contributed by atoms with E-state index < -0.39 is 0 Å². The lowest BCUT2D eigenvalue weighted by Crippen LogP contribution is -2.29. The van der Waals surface area contributed by atoms with Gasteiger partial charge in [-0.25, -0.2) is 0 Å². The molecule has 0 saturated carbocycles. The van der Waals surface area contributed by atoms with E-state index in [0.717, 1.165) is 29.5 Å². The lowest BCUT2D eigenvalue weighted by Gasteiger charge is -2.20. The molecule has 1 rings (SSSR count). The highest BCUT2D eigenvalue weighted by molar-refractivity contribution is 9.10. The van der Waals surface area contributed by atoms with Gasteiger partial charge in [0.25, 0.3) is 5.69 Å². The lowest BCUT2D eigenvalue weighted by atomic mass is 10.2. The number of hydrogen-bond acceptors (Lipinski definition) is 4. The molecule has 0 heterocycles. The normalized spacial score (nSPS) is 11.3. The zero-order valence-corrected chi connectivity index (χ0v) is 13.8. The standard InChI is InChI=1S/C14H22BrN3O2/c1-11(2)17(3)6-4-5-16-10-12-7-13(15)9-14(8-12)18(19)20/h7-9,11,16H,4-6,10H2,1-3H3. The number of nitro groups is 1. The van der Waals surface area contributed by atoms with Gasteiger partial charge in [0.15, 0.2) is 0 Å². The predicted octanol–water partition coefficient (Wildman–Crippen LogP) is 3.18. The summed E-state index contributed by atoms with van der Waals surface area (Å²) in [7, 11) is 2.11. The summed E-state index contributed by atoms with van der Waals surface area (Å²) in [6, 6.07) is 5.59. The Hall–Kier alpha value is -0.980. The molecule has 0 atom stereocenters. The number of hydrogen-bond donors (Lipinski definition) is 1. The van der Waals surface area contributed by atoms with Gasteiger partial charge >= 0.3 is 0 Å². The van der Waals surface area contributed by atoms with Crippen LogP contribution in [-0.2, 0) is 6.54 Å². The van der Waals surface area contributed by atoms with E-state index in [9.17, 15) is 10.1 Å².